The van der Waals surface area contributed by atoms with Crippen molar-refractivity contribution >= 4 is 5.91 Å². The number of hydrogen-bond acceptors (Lipinski definition) is 4. The Morgan fingerprint density at radius 3 is 2.55 bits per heavy atom. The number of aromatic nitrogens is 2. The van der Waals surface area contributed by atoms with E-state index in [-0.39, 0.29) is 11.9 Å². The van der Waals surface area contributed by atoms with E-state index in [0.29, 0.717) is 11.3 Å². The molecule has 1 amide bonds. The molecule has 0 N–H and O–H groups in total. The second-order valence-corrected chi connectivity index (χ2v) is 4.42. The van der Waals surface area contributed by atoms with Gasteiger partial charge < -0.3 is 4.90 Å². The number of carbonyl (C=O) groups is 1. The molecule has 2 rings (SSSR count). The van der Waals surface area contributed by atoms with Crippen LogP contribution in [0.25, 0.3) is 0 Å². The van der Waals surface area contributed by atoms with Crippen molar-refractivity contribution in [2.45, 2.75) is 13.0 Å². The molecule has 20 heavy (non-hydrogen) atoms. The van der Waals surface area contributed by atoms with E-state index in [2.05, 4.69) is 9.97 Å². The molecule has 2 aromatic heterocycles. The summed E-state index contributed by atoms with van der Waals surface area (Å²) in [6.07, 6.45) is 4.83. The van der Waals surface area contributed by atoms with Gasteiger partial charge in [0.25, 0.3) is 5.91 Å². The number of nitrogens with zero attached hydrogens (tertiary/aromatic N) is 4. The van der Waals surface area contributed by atoms with Crippen molar-refractivity contribution in [3.63, 3.8) is 0 Å². The molecule has 0 aliphatic heterocycles. The van der Waals surface area contributed by atoms with Crippen LogP contribution in [0, 0.1) is 11.3 Å². The topological polar surface area (TPSA) is 69.9 Å². The van der Waals surface area contributed by atoms with Crippen molar-refractivity contribution in [2.75, 3.05) is 7.05 Å². The highest BCUT2D eigenvalue weighted by molar-refractivity contribution is 5.94. The Hall–Kier alpha value is -2.74. The Morgan fingerprint density at radius 2 is 2.00 bits per heavy atom. The average molecular weight is 266 g/mol. The Bertz CT molecular complexity index is 631. The van der Waals surface area contributed by atoms with Crippen LogP contribution in [0.3, 0.4) is 0 Å². The van der Waals surface area contributed by atoms with Crippen molar-refractivity contribution in [1.29, 1.82) is 5.26 Å². The number of rotatable bonds is 3. The summed E-state index contributed by atoms with van der Waals surface area (Å²) in [6.45, 7) is 1.95. The molecule has 0 saturated heterocycles. The highest BCUT2D eigenvalue weighted by atomic mass is 16.2. The second-order valence-electron chi connectivity index (χ2n) is 4.42. The third-order valence-electron chi connectivity index (χ3n) is 3.21. The lowest BCUT2D eigenvalue weighted by molar-refractivity contribution is 0.0742. The van der Waals surface area contributed by atoms with E-state index >= 15 is 0 Å². The Labute approximate surface area is 117 Å². The summed E-state index contributed by atoms with van der Waals surface area (Å²) in [5, 5.41) is 8.70. The van der Waals surface area contributed by atoms with Crippen LogP contribution in [0.2, 0.25) is 0 Å². The van der Waals surface area contributed by atoms with Crippen molar-refractivity contribution in [1.82, 2.24) is 14.9 Å². The molecule has 5 nitrogen and oxygen atoms in total. The first-order chi connectivity index (χ1) is 9.63. The second kappa shape index (κ2) is 5.93. The summed E-state index contributed by atoms with van der Waals surface area (Å²) in [5.41, 5.74) is 1.77. The number of hydrogen-bond donors (Lipinski definition) is 0. The van der Waals surface area contributed by atoms with Gasteiger partial charge in [0.2, 0.25) is 0 Å². The summed E-state index contributed by atoms with van der Waals surface area (Å²) in [7, 11) is 1.74. The zero-order chi connectivity index (χ0) is 14.5. The van der Waals surface area contributed by atoms with Gasteiger partial charge in [0, 0.05) is 25.6 Å². The fourth-order valence-corrected chi connectivity index (χ4v) is 1.83. The minimum absolute atomic E-state index is 0.0684. The minimum atomic E-state index is -0.133. The Kier molecular flexibility index (Phi) is 4.06. The normalized spacial score (nSPS) is 11.4. The first-order valence-corrected chi connectivity index (χ1v) is 6.16. The Morgan fingerprint density at radius 1 is 1.30 bits per heavy atom. The van der Waals surface area contributed by atoms with Gasteiger partial charge >= 0.3 is 0 Å². The van der Waals surface area contributed by atoms with Crippen LogP contribution in [-0.2, 0) is 0 Å². The highest BCUT2D eigenvalue weighted by Gasteiger charge is 2.19. The Balaban J connectivity index is 2.18. The SMILES string of the molecule is C[C@@H](c1ccncc1)N(C)C(=O)c1ccc(C#N)nc1. The van der Waals surface area contributed by atoms with Crippen LogP contribution in [-0.4, -0.2) is 27.8 Å². The van der Waals surface area contributed by atoms with Gasteiger partial charge in [-0.15, -0.1) is 0 Å². The van der Waals surface area contributed by atoms with Crippen LogP contribution in [0.1, 0.15) is 34.6 Å². The maximum Gasteiger partial charge on any atom is 0.255 e. The molecule has 0 spiro atoms. The van der Waals surface area contributed by atoms with Crippen LogP contribution >= 0.6 is 0 Å². The van der Waals surface area contributed by atoms with Gasteiger partial charge in [-0.2, -0.15) is 5.26 Å². The smallest absolute Gasteiger partial charge is 0.255 e. The van der Waals surface area contributed by atoms with Gasteiger partial charge in [0.15, 0.2) is 0 Å². The predicted molar refractivity (Wildman–Crippen MR) is 73.7 cm³/mol. The fraction of sp³-hybridized carbons (Fsp3) is 0.200. The van der Waals surface area contributed by atoms with E-state index in [0.717, 1.165) is 5.56 Å². The van der Waals surface area contributed by atoms with Gasteiger partial charge in [-0.25, -0.2) is 4.98 Å². The third-order valence-corrected chi connectivity index (χ3v) is 3.21. The van der Waals surface area contributed by atoms with Crippen molar-refractivity contribution in [2.24, 2.45) is 0 Å². The molecule has 1 atom stereocenters. The number of carbonyl (C=O) groups excluding carboxylic acids is 1. The molecule has 0 aliphatic carbocycles. The van der Waals surface area contributed by atoms with Crippen molar-refractivity contribution in [3.8, 4) is 6.07 Å². The van der Waals surface area contributed by atoms with E-state index in [9.17, 15) is 4.79 Å². The lowest BCUT2D eigenvalue weighted by atomic mass is 10.1. The standard InChI is InChI=1S/C15H14N4O/c1-11(12-5-7-17-8-6-12)19(2)15(20)13-3-4-14(9-16)18-10-13/h3-8,10-11H,1-2H3/t11-/m0/s1. The van der Waals surface area contributed by atoms with Gasteiger partial charge in [0.1, 0.15) is 11.8 Å². The van der Waals surface area contributed by atoms with E-state index in [4.69, 9.17) is 5.26 Å². The molecule has 5 heteroatoms. The number of amides is 1. The lowest BCUT2D eigenvalue weighted by Gasteiger charge is -2.25. The van der Waals surface area contributed by atoms with Gasteiger partial charge in [-0.3, -0.25) is 9.78 Å². The van der Waals surface area contributed by atoms with Crippen LogP contribution in [0.4, 0.5) is 0 Å². The maximum absolute atomic E-state index is 12.3. The molecule has 2 heterocycles. The molecule has 0 bridgehead atoms. The summed E-state index contributed by atoms with van der Waals surface area (Å²) >= 11 is 0. The third kappa shape index (κ3) is 2.81. The average Bonchev–Trinajstić information content (AvgIpc) is 2.53. The highest BCUT2D eigenvalue weighted by Crippen LogP contribution is 2.19. The molecule has 0 aromatic carbocycles. The minimum Gasteiger partial charge on any atom is -0.335 e. The predicted octanol–water partition coefficient (Wildman–Crippen LogP) is 2.18. The van der Waals surface area contributed by atoms with Gasteiger partial charge in [0.05, 0.1) is 11.6 Å². The molecule has 0 radical (unpaired) electrons. The molecule has 0 aliphatic rings. The zero-order valence-corrected chi connectivity index (χ0v) is 11.3. The van der Waals surface area contributed by atoms with E-state index < -0.39 is 0 Å². The van der Waals surface area contributed by atoms with Gasteiger partial charge in [-0.05, 0) is 36.8 Å². The van der Waals surface area contributed by atoms with Crippen LogP contribution in [0.5, 0.6) is 0 Å². The molecular weight excluding hydrogens is 252 g/mol. The molecule has 100 valence electrons. The zero-order valence-electron chi connectivity index (χ0n) is 11.3. The lowest BCUT2D eigenvalue weighted by Crippen LogP contribution is -2.29. The van der Waals surface area contributed by atoms with E-state index in [1.807, 2.05) is 25.1 Å². The quantitative estimate of drug-likeness (QED) is 0.853. The monoisotopic (exact) mass is 266 g/mol. The first-order valence-electron chi connectivity index (χ1n) is 6.16. The molecular formula is C15H14N4O. The number of nitriles is 1. The summed E-state index contributed by atoms with van der Waals surface area (Å²) in [5.74, 6) is -0.133. The molecule has 0 saturated carbocycles. The van der Waals surface area contributed by atoms with E-state index in [1.165, 1.54) is 12.3 Å². The molecule has 2 aromatic rings. The van der Waals surface area contributed by atoms with Crippen molar-refractivity contribution in [3.05, 3.63) is 59.7 Å². The molecule has 0 unspecified atom stereocenters. The number of pyridine rings is 2. The summed E-state index contributed by atoms with van der Waals surface area (Å²) in [4.78, 5) is 21.9. The van der Waals surface area contributed by atoms with Crippen LogP contribution < -0.4 is 0 Å². The fourth-order valence-electron chi connectivity index (χ4n) is 1.83. The maximum atomic E-state index is 12.3. The molecule has 0 fully saturated rings. The summed E-state index contributed by atoms with van der Waals surface area (Å²) < 4.78 is 0. The largest absolute Gasteiger partial charge is 0.335 e. The summed E-state index contributed by atoms with van der Waals surface area (Å²) in [6, 6.07) is 8.78. The van der Waals surface area contributed by atoms with Crippen molar-refractivity contribution < 1.29 is 4.79 Å². The van der Waals surface area contributed by atoms with Gasteiger partial charge in [-0.1, -0.05) is 0 Å². The van der Waals surface area contributed by atoms with Crippen LogP contribution in [0.15, 0.2) is 42.9 Å². The van der Waals surface area contributed by atoms with E-state index in [1.54, 1.807) is 30.4 Å². The first kappa shape index (κ1) is 13.7.